The fourth-order valence-electron chi connectivity index (χ4n) is 2.11. The number of hydroxylamine groups is 2. The Morgan fingerprint density at radius 1 is 1.50 bits per heavy atom. The summed E-state index contributed by atoms with van der Waals surface area (Å²) in [6.45, 7) is 7.62. The van der Waals surface area contributed by atoms with Gasteiger partial charge >= 0.3 is 0 Å². The lowest BCUT2D eigenvalue weighted by Crippen LogP contribution is -2.55. The fourth-order valence-corrected chi connectivity index (χ4v) is 2.11. The van der Waals surface area contributed by atoms with Crippen molar-refractivity contribution < 1.29 is 5.21 Å². The minimum Gasteiger partial charge on any atom is -0.198 e. The lowest BCUT2D eigenvalue weighted by Gasteiger charge is -2.45. The third kappa shape index (κ3) is 1.92. The molecule has 1 aliphatic heterocycles. The molecule has 1 rings (SSSR count). The van der Waals surface area contributed by atoms with Gasteiger partial charge in [0, 0.05) is 5.54 Å². The monoisotopic (exact) mass is 195 g/mol. The molecule has 1 radical (unpaired) electrons. The first-order valence-corrected chi connectivity index (χ1v) is 5.19. The average Bonchev–Trinajstić information content (AvgIpc) is 2.09. The normalized spacial score (nSPS) is 28.4. The maximum atomic E-state index is 12.0. The molecule has 0 aromatic carbocycles. The highest BCUT2D eigenvalue weighted by atomic mass is 16.5. The molecule has 79 valence electrons. The van der Waals surface area contributed by atoms with Crippen LogP contribution in [0.5, 0.6) is 0 Å². The van der Waals surface area contributed by atoms with E-state index in [9.17, 15) is 5.21 Å². The van der Waals surface area contributed by atoms with Gasteiger partial charge in [-0.2, -0.15) is 5.26 Å². The van der Waals surface area contributed by atoms with Gasteiger partial charge in [-0.1, -0.05) is 0 Å². The predicted octanol–water partition coefficient (Wildman–Crippen LogP) is 2.51. The first-order valence-electron chi connectivity index (χ1n) is 5.19. The highest BCUT2D eigenvalue weighted by Crippen LogP contribution is 2.38. The molecular weight excluding hydrogens is 176 g/mol. The van der Waals surface area contributed by atoms with Gasteiger partial charge in [-0.25, -0.2) is 0 Å². The maximum absolute atomic E-state index is 12.0. The molecule has 0 aromatic heterocycles. The van der Waals surface area contributed by atoms with Gasteiger partial charge in [-0.3, -0.25) is 0 Å². The van der Waals surface area contributed by atoms with Crippen LogP contribution in [0.15, 0.2) is 0 Å². The van der Waals surface area contributed by atoms with Crippen LogP contribution in [0, 0.1) is 16.7 Å². The molecule has 14 heavy (non-hydrogen) atoms. The minimum atomic E-state index is -0.542. The fraction of sp³-hybridized carbons (Fsp3) is 0.909. The zero-order chi connectivity index (χ0) is 11.0. The van der Waals surface area contributed by atoms with Crippen molar-refractivity contribution in [2.75, 3.05) is 0 Å². The first-order chi connectivity index (χ1) is 6.31. The molecule has 1 fully saturated rings. The van der Waals surface area contributed by atoms with Crippen LogP contribution in [0.2, 0.25) is 0 Å². The highest BCUT2D eigenvalue weighted by molar-refractivity contribution is 5.03. The third-order valence-electron chi connectivity index (χ3n) is 3.27. The zero-order valence-corrected chi connectivity index (χ0v) is 9.50. The Morgan fingerprint density at radius 3 is 2.57 bits per heavy atom. The summed E-state index contributed by atoms with van der Waals surface area (Å²) in [5.41, 5.74) is -0.851. The van der Waals surface area contributed by atoms with Gasteiger partial charge in [-0.15, -0.1) is 10.3 Å². The number of nitrogens with zero attached hydrogens (tertiary/aromatic N) is 2. The van der Waals surface area contributed by atoms with E-state index < -0.39 is 5.41 Å². The van der Waals surface area contributed by atoms with Crippen molar-refractivity contribution >= 4 is 0 Å². The largest absolute Gasteiger partial charge is 0.198 e. The molecule has 1 heterocycles. The van der Waals surface area contributed by atoms with Gasteiger partial charge in [0.05, 0.1) is 17.5 Å². The van der Waals surface area contributed by atoms with Crippen LogP contribution in [0.1, 0.15) is 47.0 Å². The van der Waals surface area contributed by atoms with Gasteiger partial charge in [-0.05, 0) is 47.0 Å². The van der Waals surface area contributed by atoms with E-state index in [0.717, 1.165) is 24.3 Å². The van der Waals surface area contributed by atoms with Crippen LogP contribution in [0.25, 0.3) is 0 Å². The molecule has 1 aliphatic rings. The molecule has 0 N–H and O–H groups in total. The van der Waals surface area contributed by atoms with E-state index in [1.807, 2.05) is 27.7 Å². The van der Waals surface area contributed by atoms with Crippen LogP contribution >= 0.6 is 0 Å². The maximum Gasteiger partial charge on any atom is 0.0701 e. The van der Waals surface area contributed by atoms with E-state index in [-0.39, 0.29) is 11.6 Å². The number of rotatable bonds is 1. The van der Waals surface area contributed by atoms with Crippen molar-refractivity contribution in [3.8, 4) is 6.07 Å². The van der Waals surface area contributed by atoms with Crippen LogP contribution in [-0.4, -0.2) is 16.6 Å². The molecule has 3 nitrogen and oxygen atoms in total. The Labute approximate surface area is 86.3 Å². The zero-order valence-electron chi connectivity index (χ0n) is 9.50. The topological polar surface area (TPSA) is 46.9 Å². The Balaban J connectivity index is 2.87. The first kappa shape index (κ1) is 11.5. The Hall–Kier alpha value is -0.590. The van der Waals surface area contributed by atoms with Crippen molar-refractivity contribution in [3.05, 3.63) is 0 Å². The van der Waals surface area contributed by atoms with Crippen LogP contribution < -0.4 is 0 Å². The predicted molar refractivity (Wildman–Crippen MR) is 53.6 cm³/mol. The minimum absolute atomic E-state index is 0.156. The van der Waals surface area contributed by atoms with E-state index >= 15 is 0 Å². The summed E-state index contributed by atoms with van der Waals surface area (Å²) >= 11 is 0. The second-order valence-electron chi connectivity index (χ2n) is 5.38. The molecular formula is C11H19N2O. The summed E-state index contributed by atoms with van der Waals surface area (Å²) in [4.78, 5) is 0. The smallest absolute Gasteiger partial charge is 0.0701 e. The van der Waals surface area contributed by atoms with E-state index in [1.54, 1.807) is 0 Å². The molecule has 0 aromatic rings. The summed E-state index contributed by atoms with van der Waals surface area (Å²) in [6, 6.07) is 2.08. The molecule has 0 bridgehead atoms. The van der Waals surface area contributed by atoms with Gasteiger partial charge in [0.25, 0.3) is 0 Å². The molecule has 1 atom stereocenters. The van der Waals surface area contributed by atoms with Gasteiger partial charge in [0.15, 0.2) is 0 Å². The molecule has 0 spiro atoms. The van der Waals surface area contributed by atoms with Crippen LogP contribution in [0.4, 0.5) is 0 Å². The SMILES string of the molecule is CC(C)(C#N)C1CCCC(C)(C)N1[O]. The van der Waals surface area contributed by atoms with Crippen molar-refractivity contribution in [1.82, 2.24) is 5.06 Å². The number of hydrogen-bond acceptors (Lipinski definition) is 2. The van der Waals surface area contributed by atoms with E-state index in [1.165, 1.54) is 0 Å². The van der Waals surface area contributed by atoms with Crippen molar-refractivity contribution in [2.45, 2.75) is 58.5 Å². The van der Waals surface area contributed by atoms with Crippen molar-refractivity contribution in [2.24, 2.45) is 5.41 Å². The molecule has 1 unspecified atom stereocenters. The number of piperidine rings is 1. The Bertz CT molecular complexity index is 253. The van der Waals surface area contributed by atoms with Gasteiger partial charge in [0.2, 0.25) is 0 Å². The average molecular weight is 195 g/mol. The summed E-state index contributed by atoms with van der Waals surface area (Å²) in [7, 11) is 0. The highest BCUT2D eigenvalue weighted by Gasteiger charge is 2.44. The summed E-state index contributed by atoms with van der Waals surface area (Å²) in [5, 5.41) is 22.2. The van der Waals surface area contributed by atoms with Crippen molar-refractivity contribution in [1.29, 1.82) is 5.26 Å². The van der Waals surface area contributed by atoms with E-state index in [0.29, 0.717) is 0 Å². The second-order valence-corrected chi connectivity index (χ2v) is 5.38. The molecule has 0 amide bonds. The Kier molecular flexibility index (Phi) is 2.89. The third-order valence-corrected chi connectivity index (χ3v) is 3.27. The summed E-state index contributed by atoms with van der Waals surface area (Å²) in [5.74, 6) is 0. The number of nitriles is 1. The lowest BCUT2D eigenvalue weighted by atomic mass is 9.77. The second kappa shape index (κ2) is 3.52. The van der Waals surface area contributed by atoms with Gasteiger partial charge in [0.1, 0.15) is 0 Å². The summed E-state index contributed by atoms with van der Waals surface area (Å²) in [6.07, 6.45) is 2.81. The van der Waals surface area contributed by atoms with Crippen LogP contribution in [-0.2, 0) is 5.21 Å². The quantitative estimate of drug-likeness (QED) is 0.645. The van der Waals surface area contributed by atoms with E-state index in [4.69, 9.17) is 5.26 Å². The van der Waals surface area contributed by atoms with Crippen molar-refractivity contribution in [3.63, 3.8) is 0 Å². The summed E-state index contributed by atoms with van der Waals surface area (Å²) < 4.78 is 0. The van der Waals surface area contributed by atoms with Gasteiger partial charge < -0.3 is 0 Å². The Morgan fingerprint density at radius 2 is 2.07 bits per heavy atom. The lowest BCUT2D eigenvalue weighted by molar-refractivity contribution is -0.273. The van der Waals surface area contributed by atoms with E-state index in [2.05, 4.69) is 6.07 Å². The molecule has 1 saturated heterocycles. The molecule has 3 heteroatoms. The standard InChI is InChI=1S/C11H19N2O/c1-10(2,8-12)9-6-5-7-11(3,4)13(9)14/h9H,5-7H2,1-4H3. The van der Waals surface area contributed by atoms with Crippen LogP contribution in [0.3, 0.4) is 0 Å². The molecule has 0 aliphatic carbocycles. The molecule has 0 saturated carbocycles. The number of hydrogen-bond donors (Lipinski definition) is 0.